The van der Waals surface area contributed by atoms with Gasteiger partial charge in [-0.2, -0.15) is 0 Å². The van der Waals surface area contributed by atoms with E-state index in [1.54, 1.807) is 18.3 Å². The molecule has 1 aliphatic heterocycles. The van der Waals surface area contributed by atoms with Crippen LogP contribution in [0.1, 0.15) is 19.1 Å². The van der Waals surface area contributed by atoms with Crippen LogP contribution in [0.4, 0.5) is 4.79 Å². The number of urea groups is 1. The summed E-state index contributed by atoms with van der Waals surface area (Å²) in [4.78, 5) is 19.2. The molecule has 1 unspecified atom stereocenters. The second-order valence-corrected chi connectivity index (χ2v) is 5.60. The first kappa shape index (κ1) is 16.9. The van der Waals surface area contributed by atoms with Crippen molar-refractivity contribution < 1.29 is 9.21 Å². The Morgan fingerprint density at radius 2 is 2.30 bits per heavy atom. The van der Waals surface area contributed by atoms with Crippen LogP contribution in [0.25, 0.3) is 0 Å². The Labute approximate surface area is 138 Å². The topological polar surface area (TPSA) is 131 Å². The number of nitrogens with two attached hydrogens (primary N) is 2. The number of rotatable bonds is 8. The van der Waals surface area contributed by atoms with Crippen LogP contribution in [0.5, 0.6) is 0 Å². The first-order chi connectivity index (χ1) is 11.1. The van der Waals surface area contributed by atoms with Crippen molar-refractivity contribution in [3.05, 3.63) is 29.7 Å². The summed E-state index contributed by atoms with van der Waals surface area (Å²) in [5, 5.41) is 3.13. The minimum Gasteiger partial charge on any atom is -0.451 e. The zero-order valence-corrected chi connectivity index (χ0v) is 13.6. The summed E-state index contributed by atoms with van der Waals surface area (Å²) in [5.74, 6) is 1.14. The van der Waals surface area contributed by atoms with Crippen molar-refractivity contribution in [2.75, 3.05) is 6.54 Å². The second kappa shape index (κ2) is 8.28. The van der Waals surface area contributed by atoms with E-state index >= 15 is 0 Å². The van der Waals surface area contributed by atoms with Gasteiger partial charge in [-0.3, -0.25) is 9.98 Å². The molecule has 2 heterocycles. The Balaban J connectivity index is 1.82. The zero-order chi connectivity index (χ0) is 16.7. The van der Waals surface area contributed by atoms with Gasteiger partial charge in [-0.05, 0) is 24.6 Å². The van der Waals surface area contributed by atoms with E-state index in [0.29, 0.717) is 23.2 Å². The van der Waals surface area contributed by atoms with Gasteiger partial charge in [0, 0.05) is 24.7 Å². The Bertz CT molecular complexity index is 637. The van der Waals surface area contributed by atoms with Crippen LogP contribution in [0.3, 0.4) is 0 Å². The number of carbonyl (C=O) groups is 1. The predicted molar refractivity (Wildman–Crippen MR) is 91.3 cm³/mol. The van der Waals surface area contributed by atoms with E-state index in [1.165, 1.54) is 11.9 Å². The molecule has 0 saturated carbocycles. The van der Waals surface area contributed by atoms with Crippen LogP contribution in [-0.2, 0) is 6.54 Å². The highest BCUT2D eigenvalue weighted by Crippen LogP contribution is 2.20. The lowest BCUT2D eigenvalue weighted by Gasteiger charge is -2.03. The molecule has 9 heteroatoms. The highest BCUT2D eigenvalue weighted by molar-refractivity contribution is 7.97. The maximum atomic E-state index is 10.6. The van der Waals surface area contributed by atoms with Crippen LogP contribution >= 0.6 is 11.9 Å². The molecule has 23 heavy (non-hydrogen) atoms. The summed E-state index contributed by atoms with van der Waals surface area (Å²) < 4.78 is 8.66. The molecule has 1 aliphatic rings. The molecule has 8 nitrogen and oxygen atoms in total. The molecular weight excluding hydrogens is 316 g/mol. The van der Waals surface area contributed by atoms with Crippen LogP contribution in [0, 0.1) is 0 Å². The number of furan rings is 1. The maximum absolute atomic E-state index is 10.6. The first-order valence-electron chi connectivity index (χ1n) is 7.18. The van der Waals surface area contributed by atoms with Crippen LogP contribution in [0.2, 0.25) is 0 Å². The Kier molecular flexibility index (Phi) is 6.10. The molecule has 0 aromatic carbocycles. The van der Waals surface area contributed by atoms with Crippen molar-refractivity contribution in [1.82, 2.24) is 10.0 Å². The normalized spacial score (nSPS) is 17.2. The molecule has 0 saturated heterocycles. The number of amidine groups is 1. The number of hydrogen-bond acceptors (Lipinski definition) is 6. The maximum Gasteiger partial charge on any atom is 0.312 e. The summed E-state index contributed by atoms with van der Waals surface area (Å²) >= 11 is 1.30. The number of aliphatic imine (C=N–C) groups is 2. The van der Waals surface area contributed by atoms with Gasteiger partial charge in [0.15, 0.2) is 5.09 Å². The zero-order valence-electron chi connectivity index (χ0n) is 12.8. The van der Waals surface area contributed by atoms with Crippen LogP contribution in [-0.4, -0.2) is 30.7 Å². The molecule has 0 spiro atoms. The van der Waals surface area contributed by atoms with E-state index in [0.717, 1.165) is 12.1 Å². The third-order valence-corrected chi connectivity index (χ3v) is 3.63. The molecule has 2 rings (SSSR count). The van der Waals surface area contributed by atoms with Gasteiger partial charge < -0.3 is 25.9 Å². The smallest absolute Gasteiger partial charge is 0.312 e. The number of allylic oxidation sites excluding steroid dienone is 1. The Morgan fingerprint density at radius 3 is 3.04 bits per heavy atom. The highest BCUT2D eigenvalue weighted by atomic mass is 32.2. The quantitative estimate of drug-likeness (QED) is 0.321. The minimum atomic E-state index is -0.589. The third kappa shape index (κ3) is 5.37. The van der Waals surface area contributed by atoms with E-state index in [9.17, 15) is 4.79 Å². The second-order valence-electron chi connectivity index (χ2n) is 4.79. The lowest BCUT2D eigenvalue weighted by molar-refractivity contribution is 0.247. The van der Waals surface area contributed by atoms with Gasteiger partial charge in [-0.25, -0.2) is 4.79 Å². The standard InChI is InChI=1S/C14H20N6O2S/c1-2-5-17-13(15)11-6-9(7-18-11)20-23-12-4-3-10(22-12)8-19-14(16)21/h3-4,6-7,11,20H,2,5,8H2,1H3,(H2,15,17)(H3,16,19,21). The van der Waals surface area contributed by atoms with E-state index in [2.05, 4.69) is 20.0 Å². The lowest BCUT2D eigenvalue weighted by atomic mass is 10.3. The summed E-state index contributed by atoms with van der Waals surface area (Å²) in [7, 11) is 0. The van der Waals surface area contributed by atoms with Crippen LogP contribution in [0.15, 0.2) is 43.4 Å². The molecule has 0 aliphatic carbocycles. The fourth-order valence-electron chi connectivity index (χ4n) is 1.76. The number of nitrogens with one attached hydrogen (secondary N) is 2. The van der Waals surface area contributed by atoms with Crippen molar-refractivity contribution in [2.24, 2.45) is 21.5 Å². The van der Waals surface area contributed by atoms with Crippen molar-refractivity contribution >= 4 is 30.0 Å². The number of primary amides is 1. The summed E-state index contributed by atoms with van der Waals surface area (Å²) in [5.41, 5.74) is 11.7. The number of amides is 2. The highest BCUT2D eigenvalue weighted by Gasteiger charge is 2.15. The molecule has 1 aromatic heterocycles. The predicted octanol–water partition coefficient (Wildman–Crippen LogP) is 1.15. The monoisotopic (exact) mass is 336 g/mol. The SMILES string of the molecule is CCCN=C(N)C1C=C(NSc2ccc(CNC(N)=O)o2)C=N1. The summed E-state index contributed by atoms with van der Waals surface area (Å²) in [6.07, 6.45) is 4.57. The Hall–Kier alpha value is -2.42. The molecule has 124 valence electrons. The molecule has 6 N–H and O–H groups in total. The fraction of sp³-hybridized carbons (Fsp3) is 0.357. The van der Waals surface area contributed by atoms with Crippen LogP contribution < -0.4 is 21.5 Å². The molecule has 1 aromatic rings. The Morgan fingerprint density at radius 1 is 1.48 bits per heavy atom. The summed E-state index contributed by atoms with van der Waals surface area (Å²) in [6, 6.07) is 2.78. The van der Waals surface area contributed by atoms with Gasteiger partial charge in [0.1, 0.15) is 17.6 Å². The van der Waals surface area contributed by atoms with E-state index < -0.39 is 6.03 Å². The van der Waals surface area contributed by atoms with Gasteiger partial charge in [0.05, 0.1) is 12.2 Å². The van der Waals surface area contributed by atoms with Gasteiger partial charge in [-0.1, -0.05) is 6.92 Å². The van der Waals surface area contributed by atoms with E-state index in [4.69, 9.17) is 15.9 Å². The molecule has 0 fully saturated rings. The van der Waals surface area contributed by atoms with Gasteiger partial charge in [0.2, 0.25) is 0 Å². The minimum absolute atomic E-state index is 0.212. The largest absolute Gasteiger partial charge is 0.451 e. The number of nitrogens with zero attached hydrogens (tertiary/aromatic N) is 2. The van der Waals surface area contributed by atoms with Crippen molar-refractivity contribution in [1.29, 1.82) is 0 Å². The van der Waals surface area contributed by atoms with E-state index in [1.807, 2.05) is 13.0 Å². The third-order valence-electron chi connectivity index (χ3n) is 2.88. The number of carbonyl (C=O) groups excluding carboxylic acids is 1. The van der Waals surface area contributed by atoms with Gasteiger partial charge >= 0.3 is 6.03 Å². The average Bonchev–Trinajstić information content (AvgIpc) is 3.17. The molecule has 0 radical (unpaired) electrons. The van der Waals surface area contributed by atoms with Crippen molar-refractivity contribution in [3.63, 3.8) is 0 Å². The fourth-order valence-corrected chi connectivity index (χ4v) is 2.39. The molecule has 2 amide bonds. The van der Waals surface area contributed by atoms with Crippen molar-refractivity contribution in [3.8, 4) is 0 Å². The lowest BCUT2D eigenvalue weighted by Crippen LogP contribution is -2.28. The van der Waals surface area contributed by atoms with Crippen molar-refractivity contribution in [2.45, 2.75) is 31.0 Å². The first-order valence-corrected chi connectivity index (χ1v) is 7.99. The summed E-state index contributed by atoms with van der Waals surface area (Å²) in [6.45, 7) is 3.01. The molecule has 1 atom stereocenters. The van der Waals surface area contributed by atoms with Gasteiger partial charge in [0.25, 0.3) is 0 Å². The van der Waals surface area contributed by atoms with E-state index in [-0.39, 0.29) is 12.6 Å². The van der Waals surface area contributed by atoms with Gasteiger partial charge in [-0.15, -0.1) is 0 Å². The average molecular weight is 336 g/mol. The number of hydrogen-bond donors (Lipinski definition) is 4. The molecule has 0 bridgehead atoms. The molecular formula is C14H20N6O2S.